The van der Waals surface area contributed by atoms with E-state index in [1.54, 1.807) is 18.2 Å². The maximum absolute atomic E-state index is 12.5. The molecule has 2 aliphatic heterocycles. The van der Waals surface area contributed by atoms with Crippen molar-refractivity contribution in [3.05, 3.63) is 35.2 Å². The lowest BCUT2D eigenvalue weighted by Crippen LogP contribution is -2.27. The second-order valence-corrected chi connectivity index (χ2v) is 6.83. The first-order valence-electron chi connectivity index (χ1n) is 8.16. The number of hydrogen-bond acceptors (Lipinski definition) is 4. The lowest BCUT2D eigenvalue weighted by Gasteiger charge is -2.15. The maximum atomic E-state index is 12.5. The molecule has 0 radical (unpaired) electrons. The molecule has 24 heavy (non-hydrogen) atoms. The maximum Gasteiger partial charge on any atom is 0.258 e. The first kappa shape index (κ1) is 14.9. The summed E-state index contributed by atoms with van der Waals surface area (Å²) in [7, 11) is 0. The van der Waals surface area contributed by atoms with Crippen molar-refractivity contribution in [1.29, 1.82) is 0 Å². The number of carbonyl (C=O) groups is 2. The fraction of sp³-hybridized carbons (Fsp3) is 0.412. The molecule has 0 saturated heterocycles. The van der Waals surface area contributed by atoms with E-state index in [0.717, 1.165) is 42.9 Å². The number of nitrogens with one attached hydrogen (secondary N) is 2. The van der Waals surface area contributed by atoms with Gasteiger partial charge in [-0.3, -0.25) is 14.9 Å². The number of fused-ring (bicyclic) bond motifs is 2. The van der Waals surface area contributed by atoms with Crippen LogP contribution in [0.3, 0.4) is 0 Å². The predicted molar refractivity (Wildman–Crippen MR) is 89.0 cm³/mol. The van der Waals surface area contributed by atoms with Gasteiger partial charge in [-0.05, 0) is 50.5 Å². The minimum Gasteiger partial charge on any atom is -0.325 e. The highest BCUT2D eigenvalue weighted by Gasteiger charge is 2.38. The molecule has 1 aromatic heterocycles. The van der Waals surface area contributed by atoms with Gasteiger partial charge in [-0.15, -0.1) is 5.10 Å². The van der Waals surface area contributed by atoms with Gasteiger partial charge in [-0.2, -0.15) is 4.98 Å². The molecular weight excluding hydrogens is 306 g/mol. The van der Waals surface area contributed by atoms with Crippen molar-refractivity contribution >= 4 is 23.5 Å². The first-order valence-corrected chi connectivity index (χ1v) is 8.16. The largest absolute Gasteiger partial charge is 0.325 e. The molecule has 7 heteroatoms. The van der Waals surface area contributed by atoms with Gasteiger partial charge in [0.1, 0.15) is 5.82 Å². The Bertz CT molecular complexity index is 829. The van der Waals surface area contributed by atoms with E-state index < -0.39 is 5.41 Å². The van der Waals surface area contributed by atoms with E-state index in [2.05, 4.69) is 20.7 Å². The van der Waals surface area contributed by atoms with E-state index in [1.165, 1.54) is 0 Å². The highest BCUT2D eigenvalue weighted by atomic mass is 16.2. The molecule has 0 unspecified atom stereocenters. The lowest BCUT2D eigenvalue weighted by atomic mass is 9.85. The number of aromatic nitrogens is 3. The van der Waals surface area contributed by atoms with Crippen LogP contribution in [0.4, 0.5) is 11.6 Å². The summed E-state index contributed by atoms with van der Waals surface area (Å²) in [5, 5.41) is 9.93. The zero-order valence-electron chi connectivity index (χ0n) is 13.7. The normalized spacial score (nSPS) is 17.8. The molecule has 0 fully saturated rings. The van der Waals surface area contributed by atoms with Crippen LogP contribution >= 0.6 is 0 Å². The Kier molecular flexibility index (Phi) is 3.19. The molecule has 0 spiro atoms. The lowest BCUT2D eigenvalue weighted by molar-refractivity contribution is -0.119. The van der Waals surface area contributed by atoms with Crippen LogP contribution in [0, 0.1) is 0 Å². The van der Waals surface area contributed by atoms with Crippen molar-refractivity contribution in [2.24, 2.45) is 0 Å². The Balaban J connectivity index is 1.59. The Morgan fingerprint density at radius 3 is 2.96 bits per heavy atom. The van der Waals surface area contributed by atoms with E-state index in [9.17, 15) is 9.59 Å². The van der Waals surface area contributed by atoms with Crippen molar-refractivity contribution in [1.82, 2.24) is 14.8 Å². The van der Waals surface area contributed by atoms with Crippen LogP contribution in [0.2, 0.25) is 0 Å². The fourth-order valence-electron chi connectivity index (χ4n) is 3.22. The van der Waals surface area contributed by atoms with Crippen LogP contribution in [0.25, 0.3) is 0 Å². The Hall–Kier alpha value is -2.70. The molecule has 2 aromatic rings. The van der Waals surface area contributed by atoms with Gasteiger partial charge >= 0.3 is 0 Å². The van der Waals surface area contributed by atoms with E-state index in [1.807, 2.05) is 18.5 Å². The number of hydrogen-bond donors (Lipinski definition) is 2. The van der Waals surface area contributed by atoms with Gasteiger partial charge in [0.2, 0.25) is 11.9 Å². The second-order valence-electron chi connectivity index (χ2n) is 6.83. The molecule has 0 aliphatic carbocycles. The van der Waals surface area contributed by atoms with Crippen LogP contribution in [0.5, 0.6) is 0 Å². The van der Waals surface area contributed by atoms with Crippen molar-refractivity contribution < 1.29 is 9.59 Å². The molecule has 0 atom stereocenters. The topological polar surface area (TPSA) is 88.9 Å². The smallest absolute Gasteiger partial charge is 0.258 e. The van der Waals surface area contributed by atoms with Gasteiger partial charge in [-0.25, -0.2) is 4.68 Å². The average Bonchev–Trinajstić information content (AvgIpc) is 3.05. The van der Waals surface area contributed by atoms with Crippen molar-refractivity contribution in [2.45, 2.75) is 45.1 Å². The predicted octanol–water partition coefficient (Wildman–Crippen LogP) is 2.10. The molecule has 1 aromatic carbocycles. The summed E-state index contributed by atoms with van der Waals surface area (Å²) in [6, 6.07) is 5.23. The van der Waals surface area contributed by atoms with Crippen LogP contribution in [0.15, 0.2) is 18.2 Å². The van der Waals surface area contributed by atoms with Crippen LogP contribution in [-0.2, 0) is 23.2 Å². The van der Waals surface area contributed by atoms with Gasteiger partial charge in [0.15, 0.2) is 0 Å². The van der Waals surface area contributed by atoms with Gasteiger partial charge in [0.25, 0.3) is 5.91 Å². The van der Waals surface area contributed by atoms with Gasteiger partial charge in [0, 0.05) is 24.2 Å². The molecular formula is C17H19N5O2. The second kappa shape index (κ2) is 5.15. The Labute approximate surface area is 139 Å². The summed E-state index contributed by atoms with van der Waals surface area (Å²) in [5.41, 5.74) is 1.44. The van der Waals surface area contributed by atoms with E-state index in [0.29, 0.717) is 11.5 Å². The number of anilines is 2. The zero-order chi connectivity index (χ0) is 16.9. The van der Waals surface area contributed by atoms with Crippen molar-refractivity contribution in [2.75, 3.05) is 10.6 Å². The van der Waals surface area contributed by atoms with Crippen molar-refractivity contribution in [3.8, 4) is 0 Å². The van der Waals surface area contributed by atoms with Crippen LogP contribution in [0.1, 0.15) is 48.4 Å². The highest BCUT2D eigenvalue weighted by Crippen LogP contribution is 2.37. The van der Waals surface area contributed by atoms with Crippen molar-refractivity contribution in [3.63, 3.8) is 0 Å². The van der Waals surface area contributed by atoms with Crippen LogP contribution < -0.4 is 10.6 Å². The molecule has 7 nitrogen and oxygen atoms in total. The van der Waals surface area contributed by atoms with Gasteiger partial charge in [0.05, 0.1) is 5.41 Å². The van der Waals surface area contributed by atoms with Gasteiger partial charge < -0.3 is 5.32 Å². The molecule has 0 saturated carbocycles. The molecule has 0 bridgehead atoms. The first-order chi connectivity index (χ1) is 11.4. The summed E-state index contributed by atoms with van der Waals surface area (Å²) in [4.78, 5) is 28.9. The molecule has 4 rings (SSSR count). The summed E-state index contributed by atoms with van der Waals surface area (Å²) in [5.74, 6) is 0.932. The third kappa shape index (κ3) is 2.28. The third-order valence-corrected chi connectivity index (χ3v) is 4.76. The minimum absolute atomic E-state index is 0.0569. The highest BCUT2D eigenvalue weighted by molar-refractivity contribution is 6.08. The summed E-state index contributed by atoms with van der Waals surface area (Å²) >= 11 is 0. The molecule has 2 amide bonds. The fourth-order valence-corrected chi connectivity index (χ4v) is 3.22. The molecule has 2 aliphatic rings. The van der Waals surface area contributed by atoms with Gasteiger partial charge in [-0.1, -0.05) is 0 Å². The average molecular weight is 325 g/mol. The third-order valence-electron chi connectivity index (χ3n) is 4.76. The summed E-state index contributed by atoms with van der Waals surface area (Å²) in [6.45, 7) is 4.54. The number of nitrogens with zero attached hydrogens (tertiary/aromatic N) is 3. The Morgan fingerprint density at radius 1 is 1.33 bits per heavy atom. The van der Waals surface area contributed by atoms with E-state index in [4.69, 9.17) is 0 Å². The monoisotopic (exact) mass is 325 g/mol. The minimum atomic E-state index is -0.641. The summed E-state index contributed by atoms with van der Waals surface area (Å²) in [6.07, 6.45) is 3.08. The quantitative estimate of drug-likeness (QED) is 0.885. The van der Waals surface area contributed by atoms with Crippen LogP contribution in [-0.4, -0.2) is 26.6 Å². The number of benzene rings is 1. The molecule has 3 heterocycles. The van der Waals surface area contributed by atoms with E-state index in [-0.39, 0.29) is 11.8 Å². The number of carbonyl (C=O) groups excluding carboxylic acids is 2. The number of amides is 2. The number of aryl methyl sites for hydroxylation is 2. The molecule has 124 valence electrons. The number of rotatable bonds is 2. The standard InChI is InChI=1S/C17H19N5O2/c1-17(2)11-9-10(6-7-12(11)18-15(17)24)14(23)20-16-19-13-5-3-4-8-22(13)21-16/h6-7,9H,3-5,8H2,1-2H3,(H,18,24)(H,20,21,23). The Morgan fingerprint density at radius 2 is 2.17 bits per heavy atom. The zero-order valence-corrected chi connectivity index (χ0v) is 13.7. The van der Waals surface area contributed by atoms with E-state index >= 15 is 0 Å². The SMILES string of the molecule is CC1(C)C(=O)Nc2ccc(C(=O)Nc3nc4n(n3)CCCC4)cc21. The molecule has 2 N–H and O–H groups in total. The summed E-state index contributed by atoms with van der Waals surface area (Å²) < 4.78 is 1.85.